The maximum atomic E-state index is 8.63. The molecule has 0 aromatic heterocycles. The Morgan fingerprint density at radius 1 is 0.850 bits per heavy atom. The van der Waals surface area contributed by atoms with Crippen molar-refractivity contribution in [1.29, 1.82) is 0 Å². The molecule has 0 unspecified atom stereocenters. The van der Waals surface area contributed by atoms with E-state index < -0.39 is 0 Å². The van der Waals surface area contributed by atoms with Gasteiger partial charge in [0, 0.05) is 21.7 Å². The molecule has 4 heteroatoms. The molecule has 122 valence electrons. The number of hydrogen-bond donors (Lipinski definition) is 1. The molecule has 0 bridgehead atoms. The summed E-state index contributed by atoms with van der Waals surface area (Å²) in [6.45, 7) is 0. The van der Waals surface area contributed by atoms with Crippen molar-refractivity contribution in [2.24, 2.45) is 0 Å². The quantitative estimate of drug-likeness (QED) is 0.461. The Morgan fingerprint density at radius 3 is 1.45 bits per heavy atom. The van der Waals surface area contributed by atoms with E-state index in [-0.39, 0.29) is 83.7 Å². The van der Waals surface area contributed by atoms with Crippen LogP contribution < -0.4 is 0 Å². The van der Waals surface area contributed by atoms with Crippen LogP contribution in [-0.2, 0) is 21.7 Å². The Kier molecular flexibility index (Phi) is 91.4. The molecule has 2 rings (SSSR count). The molecule has 1 aliphatic carbocycles. The van der Waals surface area contributed by atoms with Crippen LogP contribution in [0.5, 0.6) is 5.75 Å². The van der Waals surface area contributed by atoms with Crippen LogP contribution in [0.3, 0.4) is 0 Å². The van der Waals surface area contributed by atoms with E-state index in [2.05, 4.69) is 12.2 Å². The summed E-state index contributed by atoms with van der Waals surface area (Å²) in [6.07, 6.45) is 10.0. The van der Waals surface area contributed by atoms with Crippen LogP contribution in [-0.4, -0.2) is 5.11 Å². The molecule has 20 heavy (non-hydrogen) atoms. The molecule has 1 N–H and O–H groups in total. The molecule has 0 amide bonds. The van der Waals surface area contributed by atoms with Crippen molar-refractivity contribution in [2.75, 3.05) is 0 Å². The average molecular weight is 355 g/mol. The van der Waals surface area contributed by atoms with Crippen molar-refractivity contribution >= 4 is 24.8 Å². The SMILES string of the molecule is Cl.Cl.Oc1ccccc1.[C-]1=CC=CC1.[CH3-].[CH3-].[CH3-].[CH3-].[CH3-].[Ti]. The molecule has 0 spiro atoms. The molecule has 0 radical (unpaired) electrons. The third-order valence-electron chi connectivity index (χ3n) is 1.34. The standard InChI is InChI=1S/C6H6O.C5H5.5CH3.2ClH.Ti/c7-6-4-2-1-3-5-6;1-2-4-5-3-1;;;;;;;;/h1-5,7H;1-3H,4H2;5*1H3;2*1H;/q;6*-1;;;. The maximum Gasteiger partial charge on any atom is 0.115 e. The van der Waals surface area contributed by atoms with Gasteiger partial charge in [0.2, 0.25) is 0 Å². The van der Waals surface area contributed by atoms with Crippen molar-refractivity contribution in [1.82, 2.24) is 0 Å². The average Bonchev–Trinajstić information content (AvgIpc) is 2.62. The maximum absolute atomic E-state index is 8.63. The molecule has 1 aliphatic rings. The van der Waals surface area contributed by atoms with E-state index in [1.165, 1.54) is 0 Å². The topological polar surface area (TPSA) is 20.2 Å². The van der Waals surface area contributed by atoms with Gasteiger partial charge in [-0.2, -0.15) is 6.08 Å². The molecule has 0 fully saturated rings. The number of aromatic hydroxyl groups is 1. The molecule has 1 aromatic carbocycles. The Hall–Kier alpha value is -0.206. The van der Waals surface area contributed by atoms with Crippen LogP contribution in [0.4, 0.5) is 0 Å². The third-order valence-corrected chi connectivity index (χ3v) is 1.34. The Balaban J connectivity index is -0.0000000174. The first-order valence-electron chi connectivity index (χ1n) is 3.85. The van der Waals surface area contributed by atoms with Crippen LogP contribution in [0.15, 0.2) is 48.6 Å². The van der Waals surface area contributed by atoms with E-state index in [9.17, 15) is 0 Å². The Labute approximate surface area is 155 Å². The summed E-state index contributed by atoms with van der Waals surface area (Å²) in [5.74, 6) is 0.322. The molecule has 0 heterocycles. The Bertz CT molecular complexity index is 265. The van der Waals surface area contributed by atoms with E-state index in [1.807, 2.05) is 18.2 Å². The van der Waals surface area contributed by atoms with Crippen LogP contribution in [0.25, 0.3) is 0 Å². The predicted octanol–water partition coefficient (Wildman–Crippen LogP) is 5.79. The zero-order valence-electron chi connectivity index (χ0n) is 13.1. The number of para-hydroxylation sites is 1. The van der Waals surface area contributed by atoms with Gasteiger partial charge >= 0.3 is 0 Å². The van der Waals surface area contributed by atoms with Crippen molar-refractivity contribution in [2.45, 2.75) is 6.42 Å². The molecular formula is C16H28Cl2OTi-6. The van der Waals surface area contributed by atoms with E-state index in [0.29, 0.717) is 5.75 Å². The Morgan fingerprint density at radius 2 is 1.30 bits per heavy atom. The molecule has 0 aliphatic heterocycles. The zero-order valence-corrected chi connectivity index (χ0v) is 16.3. The molecule has 0 saturated heterocycles. The third kappa shape index (κ3) is 30.7. The summed E-state index contributed by atoms with van der Waals surface area (Å²) < 4.78 is 0. The molecule has 0 atom stereocenters. The second-order valence-corrected chi connectivity index (χ2v) is 2.34. The number of hydrogen-bond acceptors (Lipinski definition) is 1. The molecule has 0 saturated carbocycles. The summed E-state index contributed by atoms with van der Waals surface area (Å²) in [4.78, 5) is 0. The van der Waals surface area contributed by atoms with E-state index in [0.717, 1.165) is 6.42 Å². The van der Waals surface area contributed by atoms with Gasteiger partial charge in [-0.1, -0.05) is 18.2 Å². The summed E-state index contributed by atoms with van der Waals surface area (Å²) in [5, 5.41) is 8.63. The predicted molar refractivity (Wildman–Crippen MR) is 96.2 cm³/mol. The summed E-state index contributed by atoms with van der Waals surface area (Å²) in [6, 6.07) is 8.71. The number of rotatable bonds is 0. The first-order chi connectivity index (χ1) is 5.89. The zero-order chi connectivity index (χ0) is 8.65. The van der Waals surface area contributed by atoms with Gasteiger partial charge in [-0.3, -0.25) is 6.08 Å². The van der Waals surface area contributed by atoms with Crippen LogP contribution in [0.2, 0.25) is 0 Å². The van der Waals surface area contributed by atoms with Gasteiger partial charge in [0.1, 0.15) is 5.75 Å². The number of halogens is 2. The molecular weight excluding hydrogens is 327 g/mol. The molecule has 1 nitrogen and oxygen atoms in total. The van der Waals surface area contributed by atoms with Crippen molar-refractivity contribution in [3.63, 3.8) is 0 Å². The fourth-order valence-corrected chi connectivity index (χ4v) is 0.768. The van der Waals surface area contributed by atoms with E-state index in [1.54, 1.807) is 24.3 Å². The fraction of sp³-hybridized carbons (Fsp3) is 0.0625. The monoisotopic (exact) mass is 354 g/mol. The summed E-state index contributed by atoms with van der Waals surface area (Å²) in [5.41, 5.74) is 0. The van der Waals surface area contributed by atoms with Crippen LogP contribution in [0.1, 0.15) is 6.42 Å². The minimum atomic E-state index is 0. The minimum absolute atomic E-state index is 0. The van der Waals surface area contributed by atoms with Gasteiger partial charge in [-0.05, 0) is 12.1 Å². The second kappa shape index (κ2) is 36.4. The minimum Gasteiger partial charge on any atom is -0.508 e. The van der Waals surface area contributed by atoms with Crippen molar-refractivity contribution in [3.8, 4) is 5.75 Å². The first-order valence-corrected chi connectivity index (χ1v) is 3.85. The molecule has 1 aromatic rings. The van der Waals surface area contributed by atoms with Gasteiger partial charge < -0.3 is 42.2 Å². The largest absolute Gasteiger partial charge is 0.508 e. The second-order valence-electron chi connectivity index (χ2n) is 2.34. The summed E-state index contributed by atoms with van der Waals surface area (Å²) >= 11 is 0. The van der Waals surface area contributed by atoms with Gasteiger partial charge in [0.05, 0.1) is 0 Å². The number of phenols is 1. The van der Waals surface area contributed by atoms with Gasteiger partial charge in [0.15, 0.2) is 0 Å². The number of benzene rings is 1. The normalized spacial score (nSPS) is 7.40. The van der Waals surface area contributed by atoms with Gasteiger partial charge in [0.25, 0.3) is 0 Å². The van der Waals surface area contributed by atoms with Crippen LogP contribution in [0, 0.1) is 43.2 Å². The van der Waals surface area contributed by atoms with Crippen molar-refractivity contribution < 1.29 is 26.8 Å². The van der Waals surface area contributed by atoms with Crippen molar-refractivity contribution in [3.05, 3.63) is 91.8 Å². The first kappa shape index (κ1) is 50.3. The van der Waals surface area contributed by atoms with Gasteiger partial charge in [-0.15, -0.1) is 31.2 Å². The smallest absolute Gasteiger partial charge is 0.115 e. The van der Waals surface area contributed by atoms with E-state index in [4.69, 9.17) is 5.11 Å². The van der Waals surface area contributed by atoms with Gasteiger partial charge in [-0.25, -0.2) is 12.2 Å². The van der Waals surface area contributed by atoms with Crippen LogP contribution >= 0.6 is 24.8 Å². The fourth-order valence-electron chi connectivity index (χ4n) is 0.768. The van der Waals surface area contributed by atoms with E-state index >= 15 is 0 Å². The number of allylic oxidation sites excluding steroid dienone is 4. The summed E-state index contributed by atoms with van der Waals surface area (Å²) in [7, 11) is 0. The number of phenolic OH excluding ortho intramolecular Hbond substituents is 1.